The van der Waals surface area contributed by atoms with E-state index in [1.807, 2.05) is 30.5 Å². The number of methoxy groups -OCH3 is 1. The van der Waals surface area contributed by atoms with Gasteiger partial charge in [0.1, 0.15) is 5.76 Å². The first-order valence-corrected chi connectivity index (χ1v) is 12.3. The second kappa shape index (κ2) is 10.0. The number of ketones is 1. The minimum Gasteiger partial charge on any atom is -0.507 e. The molecule has 2 aromatic carbocycles. The molecule has 5 nitrogen and oxygen atoms in total. The number of aliphatic hydroxyl groups is 1. The molecule has 1 amide bonds. The molecule has 34 heavy (non-hydrogen) atoms. The zero-order chi connectivity index (χ0) is 24.6. The van der Waals surface area contributed by atoms with E-state index in [1.165, 1.54) is 35.5 Å². The van der Waals surface area contributed by atoms with E-state index in [9.17, 15) is 14.7 Å². The Labute approximate surface area is 216 Å². The molecule has 1 aliphatic rings. The number of amides is 1. The van der Waals surface area contributed by atoms with Crippen LogP contribution in [0.5, 0.6) is 5.75 Å². The summed E-state index contributed by atoms with van der Waals surface area (Å²) in [6, 6.07) is 11.4. The third-order valence-corrected chi connectivity index (χ3v) is 7.61. The van der Waals surface area contributed by atoms with Crippen LogP contribution in [-0.4, -0.2) is 35.4 Å². The van der Waals surface area contributed by atoms with Crippen LogP contribution in [0.4, 0.5) is 0 Å². The molecular formula is C25H20Cl3NO4S. The maximum absolute atomic E-state index is 13.2. The number of Topliss-reactive ketones (excluding diaryl/α,β-unsaturated/α-hetero) is 1. The lowest BCUT2D eigenvalue weighted by molar-refractivity contribution is -0.139. The van der Waals surface area contributed by atoms with E-state index in [4.69, 9.17) is 39.5 Å². The van der Waals surface area contributed by atoms with Gasteiger partial charge in [0.15, 0.2) is 5.75 Å². The van der Waals surface area contributed by atoms with Gasteiger partial charge in [0, 0.05) is 22.0 Å². The number of carbonyl (C=O) groups excluding carboxylic acids is 2. The first-order chi connectivity index (χ1) is 16.2. The quantitative estimate of drug-likeness (QED) is 0.216. The summed E-state index contributed by atoms with van der Waals surface area (Å²) in [5, 5.41) is 14.1. The summed E-state index contributed by atoms with van der Waals surface area (Å²) in [5.74, 6) is -1.50. The average molecular weight is 537 g/mol. The lowest BCUT2D eigenvalue weighted by Crippen LogP contribution is -2.31. The van der Waals surface area contributed by atoms with Crippen LogP contribution < -0.4 is 4.74 Å². The summed E-state index contributed by atoms with van der Waals surface area (Å²) >= 11 is 19.9. The van der Waals surface area contributed by atoms with Crippen LogP contribution in [0.25, 0.3) is 5.76 Å². The Hall–Kier alpha value is -2.51. The number of carbonyl (C=O) groups is 2. The number of halogens is 3. The van der Waals surface area contributed by atoms with E-state index < -0.39 is 17.7 Å². The van der Waals surface area contributed by atoms with E-state index in [2.05, 4.69) is 0 Å². The lowest BCUT2D eigenvalue weighted by Gasteiger charge is -2.25. The number of aryl methyl sites for hydroxylation is 1. The smallest absolute Gasteiger partial charge is 0.295 e. The molecule has 2 heterocycles. The Balaban J connectivity index is 1.79. The molecule has 176 valence electrons. The number of ether oxygens (including phenoxy) is 1. The third-order valence-electron chi connectivity index (χ3n) is 5.72. The number of hydrogen-bond acceptors (Lipinski definition) is 5. The van der Waals surface area contributed by atoms with Gasteiger partial charge in [-0.25, -0.2) is 0 Å². The maximum atomic E-state index is 13.2. The van der Waals surface area contributed by atoms with Gasteiger partial charge in [0.2, 0.25) is 0 Å². The van der Waals surface area contributed by atoms with Gasteiger partial charge in [-0.2, -0.15) is 0 Å². The number of rotatable bonds is 6. The molecule has 1 atom stereocenters. The van der Waals surface area contributed by atoms with Crippen molar-refractivity contribution in [2.45, 2.75) is 19.4 Å². The van der Waals surface area contributed by atoms with E-state index in [0.29, 0.717) is 11.4 Å². The Morgan fingerprint density at radius 2 is 1.74 bits per heavy atom. The van der Waals surface area contributed by atoms with Gasteiger partial charge < -0.3 is 14.7 Å². The zero-order valence-corrected chi connectivity index (χ0v) is 21.4. The van der Waals surface area contributed by atoms with Gasteiger partial charge in [-0.15, -0.1) is 11.3 Å². The topological polar surface area (TPSA) is 66.8 Å². The summed E-state index contributed by atoms with van der Waals surface area (Å²) in [6.45, 7) is 2.20. The molecule has 4 rings (SSSR count). The highest BCUT2D eigenvalue weighted by Gasteiger charge is 2.46. The molecule has 0 saturated carbocycles. The van der Waals surface area contributed by atoms with Crippen molar-refractivity contribution in [1.82, 2.24) is 4.90 Å². The SMILES string of the molecule is COc1c(Cl)cc(/C(O)=C2/C(=O)C(=O)N(CCc3ccc(Cl)cc3)C2c2sccc2C)cc1Cl. The normalized spacial score (nSPS) is 17.4. The average Bonchev–Trinajstić information content (AvgIpc) is 3.33. The first-order valence-electron chi connectivity index (χ1n) is 10.3. The van der Waals surface area contributed by atoms with Gasteiger partial charge in [-0.1, -0.05) is 46.9 Å². The number of hydrogen-bond donors (Lipinski definition) is 1. The standard InChI is InChI=1S/C25H20Cl3NO4S/c1-13-8-10-34-24(13)20-19(21(30)15-11-17(27)23(33-2)18(28)12-15)22(31)25(32)29(20)9-7-14-3-5-16(26)6-4-14/h3-6,8,10-12,20,30H,7,9H2,1-2H3/b21-19-. The van der Waals surface area contributed by atoms with E-state index >= 15 is 0 Å². The second-order valence-electron chi connectivity index (χ2n) is 7.81. The van der Waals surface area contributed by atoms with Crippen LogP contribution in [0, 0.1) is 6.92 Å². The fraction of sp³-hybridized carbons (Fsp3) is 0.200. The molecule has 0 aliphatic carbocycles. The first kappa shape index (κ1) is 24.6. The van der Waals surface area contributed by atoms with Crippen LogP contribution in [0.3, 0.4) is 0 Å². The number of likely N-dealkylation sites (tertiary alicyclic amines) is 1. The van der Waals surface area contributed by atoms with Crippen LogP contribution in [0.2, 0.25) is 15.1 Å². The number of benzene rings is 2. The second-order valence-corrected chi connectivity index (χ2v) is 10.0. The summed E-state index contributed by atoms with van der Waals surface area (Å²) in [4.78, 5) is 28.6. The number of nitrogens with zero attached hydrogens (tertiary/aromatic N) is 1. The molecule has 1 N–H and O–H groups in total. The molecule has 1 aromatic heterocycles. The largest absolute Gasteiger partial charge is 0.507 e. The highest BCUT2D eigenvalue weighted by molar-refractivity contribution is 7.10. The molecule has 1 saturated heterocycles. The molecule has 9 heteroatoms. The van der Waals surface area contributed by atoms with Gasteiger partial charge in [-0.05, 0) is 60.2 Å². The van der Waals surface area contributed by atoms with E-state index in [1.54, 1.807) is 12.1 Å². The molecule has 0 bridgehead atoms. The molecule has 0 spiro atoms. The van der Waals surface area contributed by atoms with E-state index in [0.717, 1.165) is 16.0 Å². The predicted octanol–water partition coefficient (Wildman–Crippen LogP) is 6.69. The van der Waals surface area contributed by atoms with Gasteiger partial charge in [-0.3, -0.25) is 9.59 Å². The van der Waals surface area contributed by atoms with Gasteiger partial charge >= 0.3 is 0 Å². The van der Waals surface area contributed by atoms with Crippen molar-refractivity contribution in [2.24, 2.45) is 0 Å². The van der Waals surface area contributed by atoms with Crippen molar-refractivity contribution >= 4 is 63.6 Å². The summed E-state index contributed by atoms with van der Waals surface area (Å²) in [5.41, 5.74) is 2.13. The van der Waals surface area contributed by atoms with Crippen LogP contribution in [0.1, 0.15) is 27.6 Å². The molecule has 1 unspecified atom stereocenters. The van der Waals surface area contributed by atoms with Gasteiger partial charge in [0.05, 0.1) is 28.8 Å². The fourth-order valence-electron chi connectivity index (χ4n) is 4.00. The molecular weight excluding hydrogens is 517 g/mol. The Morgan fingerprint density at radius 1 is 1.09 bits per heavy atom. The highest BCUT2D eigenvalue weighted by atomic mass is 35.5. The summed E-state index contributed by atoms with van der Waals surface area (Å²) in [7, 11) is 1.43. The monoisotopic (exact) mass is 535 g/mol. The van der Waals surface area contributed by atoms with Crippen molar-refractivity contribution in [2.75, 3.05) is 13.7 Å². The lowest BCUT2D eigenvalue weighted by atomic mass is 9.98. The number of aliphatic hydroxyl groups excluding tert-OH is 1. The Kier molecular flexibility index (Phi) is 7.24. The Morgan fingerprint density at radius 3 is 2.29 bits per heavy atom. The highest BCUT2D eigenvalue weighted by Crippen LogP contribution is 2.44. The van der Waals surface area contributed by atoms with E-state index in [-0.39, 0.29) is 39.2 Å². The molecule has 3 aromatic rings. The predicted molar refractivity (Wildman–Crippen MR) is 136 cm³/mol. The van der Waals surface area contributed by atoms with Gasteiger partial charge in [0.25, 0.3) is 11.7 Å². The minimum absolute atomic E-state index is 0.00366. The molecule has 1 aliphatic heterocycles. The molecule has 0 radical (unpaired) electrons. The minimum atomic E-state index is -0.755. The summed E-state index contributed by atoms with van der Waals surface area (Å²) < 4.78 is 5.17. The summed E-state index contributed by atoms with van der Waals surface area (Å²) in [6.07, 6.45) is 0.519. The van der Waals surface area contributed by atoms with Crippen LogP contribution in [-0.2, 0) is 16.0 Å². The van der Waals surface area contributed by atoms with Crippen LogP contribution in [0.15, 0.2) is 53.4 Å². The van der Waals surface area contributed by atoms with Crippen molar-refractivity contribution in [3.8, 4) is 5.75 Å². The van der Waals surface area contributed by atoms with Crippen LogP contribution >= 0.6 is 46.1 Å². The maximum Gasteiger partial charge on any atom is 0.295 e. The third kappa shape index (κ3) is 4.56. The Bertz CT molecular complexity index is 1280. The zero-order valence-electron chi connectivity index (χ0n) is 18.3. The number of thiophene rings is 1. The van der Waals surface area contributed by atoms with Crippen molar-refractivity contribution < 1.29 is 19.4 Å². The van der Waals surface area contributed by atoms with Crippen molar-refractivity contribution in [3.63, 3.8) is 0 Å². The van der Waals surface area contributed by atoms with Crippen molar-refractivity contribution in [3.05, 3.63) is 90.1 Å². The van der Waals surface area contributed by atoms with Crippen molar-refractivity contribution in [1.29, 1.82) is 0 Å². The molecule has 1 fully saturated rings. The fourth-order valence-corrected chi connectivity index (χ4v) is 5.81.